The first-order chi connectivity index (χ1) is 22.7. The number of carboxylic acid groups (broad SMARTS) is 1. The molecule has 1 atom stereocenters. The summed E-state index contributed by atoms with van der Waals surface area (Å²) in [6, 6.07) is 14.3. The SMILES string of the molecule is CC1=C(N)c2cc(ccc2F)Oc2c(F)cc3[nH]ccc3c2CCS(=O)(=O)CC(C)(C)CCCC(c2cccc(CCC(=O)O)c2)N=C1. The second kappa shape index (κ2) is 14.3. The van der Waals surface area contributed by atoms with Gasteiger partial charge >= 0.3 is 5.97 Å². The van der Waals surface area contributed by atoms with Gasteiger partial charge < -0.3 is 20.6 Å². The third-order valence-electron chi connectivity index (χ3n) is 8.76. The number of hydrogen-bond acceptors (Lipinski definition) is 6. The van der Waals surface area contributed by atoms with Crippen molar-refractivity contribution in [1.29, 1.82) is 0 Å². The van der Waals surface area contributed by atoms with Crippen LogP contribution >= 0.6 is 0 Å². The first-order valence-corrected chi connectivity index (χ1v) is 17.8. The first kappa shape index (κ1) is 34.8. The maximum Gasteiger partial charge on any atom is 0.303 e. The van der Waals surface area contributed by atoms with Crippen molar-refractivity contribution in [2.75, 3.05) is 11.5 Å². The summed E-state index contributed by atoms with van der Waals surface area (Å²) >= 11 is 0. The molecule has 0 fully saturated rings. The lowest BCUT2D eigenvalue weighted by Gasteiger charge is -2.25. The van der Waals surface area contributed by atoms with E-state index in [2.05, 4.69) is 4.98 Å². The smallest absolute Gasteiger partial charge is 0.303 e. The third-order valence-corrected chi connectivity index (χ3v) is 10.8. The molecule has 11 heteroatoms. The Hall–Kier alpha value is -4.51. The molecule has 1 aliphatic heterocycles. The van der Waals surface area contributed by atoms with Gasteiger partial charge in [-0.1, -0.05) is 44.5 Å². The number of carbonyl (C=O) groups is 1. The van der Waals surface area contributed by atoms with E-state index in [9.17, 15) is 13.2 Å². The Morgan fingerprint density at radius 2 is 1.92 bits per heavy atom. The van der Waals surface area contributed by atoms with Crippen LogP contribution in [0.4, 0.5) is 8.78 Å². The highest BCUT2D eigenvalue weighted by atomic mass is 32.2. The summed E-state index contributed by atoms with van der Waals surface area (Å²) in [5.41, 5.74) is 9.26. The van der Waals surface area contributed by atoms with E-state index in [4.69, 9.17) is 20.6 Å². The molecule has 0 aliphatic carbocycles. The molecule has 4 aromatic rings. The van der Waals surface area contributed by atoms with Crippen LogP contribution in [-0.4, -0.2) is 42.2 Å². The highest BCUT2D eigenvalue weighted by Gasteiger charge is 2.28. The predicted octanol–water partition coefficient (Wildman–Crippen LogP) is 7.92. The van der Waals surface area contributed by atoms with Crippen molar-refractivity contribution in [3.63, 3.8) is 0 Å². The topological polar surface area (TPSA) is 135 Å². The quantitative estimate of drug-likeness (QED) is 0.201. The number of sulfone groups is 1. The fourth-order valence-electron chi connectivity index (χ4n) is 6.26. The van der Waals surface area contributed by atoms with Crippen molar-refractivity contribution in [2.24, 2.45) is 16.1 Å². The maximum absolute atomic E-state index is 15.5. The Labute approximate surface area is 279 Å². The monoisotopic (exact) mass is 677 g/mol. The van der Waals surface area contributed by atoms with Gasteiger partial charge in [-0.25, -0.2) is 17.2 Å². The number of H-pyrrole nitrogens is 1. The minimum atomic E-state index is -3.58. The van der Waals surface area contributed by atoms with Gasteiger partial charge in [0.15, 0.2) is 21.4 Å². The number of rotatable bonds is 4. The van der Waals surface area contributed by atoms with Crippen LogP contribution in [0.3, 0.4) is 0 Å². The zero-order valence-corrected chi connectivity index (χ0v) is 28.2. The van der Waals surface area contributed by atoms with Gasteiger partial charge in [-0.3, -0.25) is 9.79 Å². The number of hydrogen-bond donors (Lipinski definition) is 3. The molecule has 254 valence electrons. The molecule has 0 saturated heterocycles. The number of nitrogens with one attached hydrogen (secondary N) is 1. The van der Waals surface area contributed by atoms with E-state index < -0.39 is 32.9 Å². The van der Waals surface area contributed by atoms with E-state index in [1.807, 2.05) is 38.1 Å². The van der Waals surface area contributed by atoms with E-state index in [1.165, 1.54) is 24.3 Å². The molecule has 3 aromatic carbocycles. The largest absolute Gasteiger partial charge is 0.481 e. The lowest BCUT2D eigenvalue weighted by Crippen LogP contribution is -2.27. The van der Waals surface area contributed by atoms with Gasteiger partial charge in [-0.15, -0.1) is 0 Å². The van der Waals surface area contributed by atoms with Crippen LogP contribution in [0.25, 0.3) is 16.6 Å². The van der Waals surface area contributed by atoms with Crippen LogP contribution < -0.4 is 10.5 Å². The third kappa shape index (κ3) is 8.49. The Morgan fingerprint density at radius 1 is 1.12 bits per heavy atom. The number of nitrogens with two attached hydrogens (primary N) is 1. The first-order valence-electron chi connectivity index (χ1n) is 16.0. The van der Waals surface area contributed by atoms with Crippen LogP contribution in [0.15, 0.2) is 71.4 Å². The summed E-state index contributed by atoms with van der Waals surface area (Å²) in [4.78, 5) is 19.0. The second-order valence-electron chi connectivity index (χ2n) is 13.3. The molecule has 0 spiro atoms. The molecular formula is C37H41F2N3O5S. The number of fused-ring (bicyclic) bond motifs is 5. The van der Waals surface area contributed by atoms with Gasteiger partial charge in [0.25, 0.3) is 0 Å². The van der Waals surface area contributed by atoms with Crippen molar-refractivity contribution in [1.82, 2.24) is 4.98 Å². The molecule has 2 bridgehead atoms. The number of ether oxygens (including phenoxy) is 1. The van der Waals surface area contributed by atoms with E-state index >= 15 is 8.78 Å². The standard InChI is InChI=1S/C37H41F2N3O5S/c1-23-21-42-32(25-7-4-6-24(18-25)9-12-34(43)44)8-5-15-37(2,3)22-48(45,46)17-14-28-27-13-16-41-33(27)20-31(39)36(28)47-26-10-11-30(38)29(19-26)35(23)40/h4,6-7,10-11,13,16,18-21,32,41H,5,8-9,12,14-15,17,22,40H2,1-3H3,(H,43,44). The summed E-state index contributed by atoms with van der Waals surface area (Å²) in [5, 5.41) is 9.80. The van der Waals surface area contributed by atoms with Gasteiger partial charge in [-0.2, -0.15) is 0 Å². The molecule has 1 aromatic heterocycles. The van der Waals surface area contributed by atoms with Gasteiger partial charge in [-0.05, 0) is 79.0 Å². The average molecular weight is 678 g/mol. The van der Waals surface area contributed by atoms with Crippen molar-refractivity contribution in [2.45, 2.75) is 65.3 Å². The molecule has 4 N–H and O–H groups in total. The minimum absolute atomic E-state index is 0.000555. The number of aliphatic carboxylic acids is 1. The molecule has 1 unspecified atom stereocenters. The van der Waals surface area contributed by atoms with Gasteiger partial charge in [0, 0.05) is 52.6 Å². The number of allylic oxidation sites excluding steroid dienone is 1. The Kier molecular flexibility index (Phi) is 10.4. The number of aromatic nitrogens is 1. The average Bonchev–Trinajstić information content (AvgIpc) is 3.49. The normalized spacial score (nSPS) is 18.7. The maximum atomic E-state index is 15.5. The predicted molar refractivity (Wildman–Crippen MR) is 185 cm³/mol. The van der Waals surface area contributed by atoms with Crippen LogP contribution in [0.2, 0.25) is 0 Å². The molecule has 8 nitrogen and oxygen atoms in total. The van der Waals surface area contributed by atoms with E-state index in [0.717, 1.165) is 11.1 Å². The molecule has 5 rings (SSSR count). The zero-order valence-electron chi connectivity index (χ0n) is 27.4. The fraction of sp³-hybridized carbons (Fsp3) is 0.351. The summed E-state index contributed by atoms with van der Waals surface area (Å²) in [6.07, 6.45) is 5.48. The highest BCUT2D eigenvalue weighted by molar-refractivity contribution is 7.91. The number of aryl methyl sites for hydroxylation is 2. The molecule has 1 aliphatic rings. The Morgan fingerprint density at radius 3 is 2.69 bits per heavy atom. The lowest BCUT2D eigenvalue weighted by molar-refractivity contribution is -0.136. The molecule has 0 saturated carbocycles. The Bertz CT molecular complexity index is 2000. The van der Waals surface area contributed by atoms with Crippen LogP contribution in [0, 0.1) is 17.0 Å². The van der Waals surface area contributed by atoms with Gasteiger partial charge in [0.1, 0.15) is 11.6 Å². The fourth-order valence-corrected chi connectivity index (χ4v) is 8.26. The molecule has 0 amide bonds. The van der Waals surface area contributed by atoms with Crippen molar-refractivity contribution in [3.05, 3.63) is 100 Å². The lowest BCUT2D eigenvalue weighted by atomic mass is 9.87. The van der Waals surface area contributed by atoms with Crippen molar-refractivity contribution >= 4 is 38.6 Å². The molecule has 0 radical (unpaired) electrons. The highest BCUT2D eigenvalue weighted by Crippen LogP contribution is 2.37. The summed E-state index contributed by atoms with van der Waals surface area (Å²) < 4.78 is 63.8. The summed E-state index contributed by atoms with van der Waals surface area (Å²) in [6.45, 7) is 5.57. The minimum Gasteiger partial charge on any atom is -0.481 e. The van der Waals surface area contributed by atoms with Crippen molar-refractivity contribution < 1.29 is 31.8 Å². The number of nitrogens with zero attached hydrogens (tertiary/aromatic N) is 1. The second-order valence-corrected chi connectivity index (χ2v) is 15.5. The molecular weight excluding hydrogens is 636 g/mol. The van der Waals surface area contributed by atoms with E-state index in [0.29, 0.717) is 47.7 Å². The van der Waals surface area contributed by atoms with Gasteiger partial charge in [0.05, 0.1) is 17.5 Å². The number of carboxylic acids is 1. The summed E-state index contributed by atoms with van der Waals surface area (Å²) in [7, 11) is -3.58. The van der Waals surface area contributed by atoms with E-state index in [1.54, 1.807) is 25.4 Å². The van der Waals surface area contributed by atoms with E-state index in [-0.39, 0.29) is 53.1 Å². The van der Waals surface area contributed by atoms with Gasteiger partial charge in [0.2, 0.25) is 0 Å². The Balaban J connectivity index is 1.58. The number of halogens is 2. The number of aliphatic imine (C=N–C) groups is 1. The number of benzene rings is 3. The van der Waals surface area contributed by atoms with Crippen molar-refractivity contribution in [3.8, 4) is 11.5 Å². The molecule has 2 heterocycles. The summed E-state index contributed by atoms with van der Waals surface area (Å²) in [5.74, 6) is -2.42. The van der Waals surface area contributed by atoms with Crippen LogP contribution in [0.5, 0.6) is 11.5 Å². The zero-order chi connectivity index (χ0) is 34.6. The van der Waals surface area contributed by atoms with Crippen LogP contribution in [0.1, 0.15) is 74.8 Å². The molecule has 48 heavy (non-hydrogen) atoms. The number of aromatic amines is 1. The van der Waals surface area contributed by atoms with Crippen LogP contribution in [-0.2, 0) is 27.5 Å².